The first-order valence-corrected chi connectivity index (χ1v) is 5.97. The number of carbonyl (C=O) groups is 1. The molecule has 0 bridgehead atoms. The van der Waals surface area contributed by atoms with E-state index in [1.54, 1.807) is 36.5 Å². The number of rotatable bonds is 1. The summed E-state index contributed by atoms with van der Waals surface area (Å²) < 4.78 is 0. The first kappa shape index (κ1) is 11.7. The van der Waals surface area contributed by atoms with Crippen LogP contribution in [0.5, 0.6) is 0 Å². The van der Waals surface area contributed by atoms with E-state index in [0.717, 1.165) is 10.5 Å². The number of hydrogen-bond acceptors (Lipinski definition) is 3. The molecular weight excluding hydrogens is 239 g/mol. The third-order valence-electron chi connectivity index (χ3n) is 3.06. The summed E-state index contributed by atoms with van der Waals surface area (Å²) in [5, 5.41) is 14.3. The van der Waals surface area contributed by atoms with Gasteiger partial charge in [0.25, 0.3) is 5.91 Å². The van der Waals surface area contributed by atoms with Crippen molar-refractivity contribution in [2.45, 2.75) is 0 Å². The van der Waals surface area contributed by atoms with Crippen molar-refractivity contribution < 1.29 is 9.82 Å². The van der Waals surface area contributed by atoms with E-state index in [0.29, 0.717) is 11.0 Å². The summed E-state index contributed by atoms with van der Waals surface area (Å²) in [6.07, 6.45) is 1.59. The number of carbonyl (C=O) groups excluding carboxylic acids is 1. The van der Waals surface area contributed by atoms with Crippen molar-refractivity contribution in [2.24, 2.45) is 5.10 Å². The normalized spacial score (nSPS) is 13.3. The molecule has 5 heteroatoms. The molecule has 0 saturated carbocycles. The van der Waals surface area contributed by atoms with Crippen LogP contribution < -0.4 is 5.46 Å². The van der Waals surface area contributed by atoms with E-state index < -0.39 is 7.05 Å². The Balaban J connectivity index is 1.95. The highest BCUT2D eigenvalue weighted by Crippen LogP contribution is 2.11. The highest BCUT2D eigenvalue weighted by molar-refractivity contribution is 6.68. The molecule has 4 nitrogen and oxygen atoms in total. The molecule has 0 saturated heterocycles. The monoisotopic (exact) mass is 250 g/mol. The Morgan fingerprint density at radius 2 is 1.74 bits per heavy atom. The third-order valence-corrected chi connectivity index (χ3v) is 3.06. The predicted molar refractivity (Wildman–Crippen MR) is 74.3 cm³/mol. The molecule has 0 fully saturated rings. The van der Waals surface area contributed by atoms with E-state index in [9.17, 15) is 9.82 Å². The maximum absolute atomic E-state index is 12.3. The smallest absolute Gasteiger partial charge is 0.427 e. The average Bonchev–Trinajstić information content (AvgIpc) is 2.48. The largest absolute Gasteiger partial charge is 0.474 e. The SMILES string of the molecule is O=C(c1ccccc1)N1N=Cc2ccccc2B1O. The van der Waals surface area contributed by atoms with Gasteiger partial charge in [-0.3, -0.25) is 4.79 Å². The fraction of sp³-hybridized carbons (Fsp3) is 0. The fourth-order valence-electron chi connectivity index (χ4n) is 2.06. The van der Waals surface area contributed by atoms with Crippen molar-refractivity contribution in [3.8, 4) is 0 Å². The molecule has 1 aliphatic heterocycles. The van der Waals surface area contributed by atoms with Gasteiger partial charge in [-0.15, -0.1) is 0 Å². The topological polar surface area (TPSA) is 52.9 Å². The van der Waals surface area contributed by atoms with E-state index in [4.69, 9.17) is 0 Å². The van der Waals surface area contributed by atoms with Crippen molar-refractivity contribution in [1.82, 2.24) is 4.92 Å². The number of amides is 1. The van der Waals surface area contributed by atoms with Gasteiger partial charge in [0.2, 0.25) is 0 Å². The number of nitrogens with zero attached hydrogens (tertiary/aromatic N) is 2. The van der Waals surface area contributed by atoms with Crippen LogP contribution in [-0.4, -0.2) is 29.1 Å². The summed E-state index contributed by atoms with van der Waals surface area (Å²) in [7, 11) is -1.05. The molecule has 1 amide bonds. The van der Waals surface area contributed by atoms with Crippen LogP contribution in [0, 0.1) is 0 Å². The van der Waals surface area contributed by atoms with Gasteiger partial charge < -0.3 is 5.02 Å². The summed E-state index contributed by atoms with van der Waals surface area (Å²) in [6, 6.07) is 16.1. The predicted octanol–water partition coefficient (Wildman–Crippen LogP) is 0.864. The molecular formula is C14H11BN2O2. The van der Waals surface area contributed by atoms with Crippen molar-refractivity contribution in [3.63, 3.8) is 0 Å². The third kappa shape index (κ3) is 2.04. The van der Waals surface area contributed by atoms with Crippen molar-refractivity contribution in [1.29, 1.82) is 0 Å². The van der Waals surface area contributed by atoms with Gasteiger partial charge in [-0.2, -0.15) is 5.10 Å². The lowest BCUT2D eigenvalue weighted by molar-refractivity contribution is 0.0846. The summed E-state index contributed by atoms with van der Waals surface area (Å²) in [5.74, 6) is -0.321. The Kier molecular flexibility index (Phi) is 2.89. The molecule has 0 aromatic heterocycles. The number of fused-ring (bicyclic) bond motifs is 1. The Morgan fingerprint density at radius 3 is 2.53 bits per heavy atom. The quantitative estimate of drug-likeness (QED) is 0.763. The van der Waals surface area contributed by atoms with Crippen LogP contribution in [0.1, 0.15) is 15.9 Å². The Morgan fingerprint density at radius 1 is 1.05 bits per heavy atom. The summed E-state index contributed by atoms with van der Waals surface area (Å²) in [4.78, 5) is 13.4. The van der Waals surface area contributed by atoms with Crippen LogP contribution in [0.25, 0.3) is 0 Å². The van der Waals surface area contributed by atoms with Gasteiger partial charge in [-0.1, -0.05) is 42.5 Å². The molecule has 19 heavy (non-hydrogen) atoms. The maximum Gasteiger partial charge on any atom is 0.474 e. The van der Waals surface area contributed by atoms with Crippen LogP contribution in [-0.2, 0) is 0 Å². The zero-order valence-corrected chi connectivity index (χ0v) is 10.1. The zero-order chi connectivity index (χ0) is 13.2. The lowest BCUT2D eigenvalue weighted by Gasteiger charge is -2.24. The highest BCUT2D eigenvalue weighted by atomic mass is 16.2. The molecule has 0 atom stereocenters. The minimum absolute atomic E-state index is 0.321. The first-order chi connectivity index (χ1) is 9.27. The van der Waals surface area contributed by atoms with Crippen LogP contribution in [0.4, 0.5) is 0 Å². The molecule has 0 unspecified atom stereocenters. The van der Waals surface area contributed by atoms with Gasteiger partial charge in [0.05, 0.1) is 6.21 Å². The highest BCUT2D eigenvalue weighted by Gasteiger charge is 2.33. The number of benzene rings is 2. The van der Waals surface area contributed by atoms with Gasteiger partial charge in [-0.05, 0) is 23.2 Å². The number of hydrogen-bond donors (Lipinski definition) is 1. The second-order valence-electron chi connectivity index (χ2n) is 4.26. The molecule has 3 rings (SSSR count). The van der Waals surface area contributed by atoms with Crippen LogP contribution >= 0.6 is 0 Å². The minimum Gasteiger partial charge on any atom is -0.427 e. The van der Waals surface area contributed by atoms with Gasteiger partial charge in [0.15, 0.2) is 0 Å². The Hall–Kier alpha value is -2.40. The minimum atomic E-state index is -1.05. The van der Waals surface area contributed by atoms with E-state index in [1.165, 1.54) is 0 Å². The second kappa shape index (κ2) is 4.70. The molecule has 0 spiro atoms. The Labute approximate surface area is 111 Å². The van der Waals surface area contributed by atoms with E-state index in [-0.39, 0.29) is 5.91 Å². The van der Waals surface area contributed by atoms with Crippen molar-refractivity contribution in [3.05, 3.63) is 65.7 Å². The van der Waals surface area contributed by atoms with Crippen LogP contribution in [0.3, 0.4) is 0 Å². The summed E-state index contributed by atoms with van der Waals surface area (Å²) in [6.45, 7) is 0. The Bertz CT molecular complexity index is 643. The average molecular weight is 250 g/mol. The lowest BCUT2D eigenvalue weighted by Crippen LogP contribution is -2.52. The zero-order valence-electron chi connectivity index (χ0n) is 10.1. The molecule has 2 aromatic rings. The van der Waals surface area contributed by atoms with Gasteiger partial charge >= 0.3 is 7.05 Å². The van der Waals surface area contributed by atoms with Crippen LogP contribution in [0.15, 0.2) is 59.7 Å². The molecule has 0 aliphatic carbocycles. The van der Waals surface area contributed by atoms with E-state index in [1.807, 2.05) is 24.3 Å². The first-order valence-electron chi connectivity index (χ1n) is 5.97. The summed E-state index contributed by atoms with van der Waals surface area (Å²) in [5.41, 5.74) is 2.01. The van der Waals surface area contributed by atoms with Gasteiger partial charge in [-0.25, -0.2) is 4.92 Å². The van der Waals surface area contributed by atoms with Gasteiger partial charge in [0, 0.05) is 5.56 Å². The molecule has 2 aromatic carbocycles. The standard InChI is InChI=1S/C14H11BN2O2/c18-14(11-6-2-1-3-7-11)17-15(19)13-9-5-4-8-12(13)10-16-17/h1-10,19H. The lowest BCUT2D eigenvalue weighted by atomic mass is 9.69. The van der Waals surface area contributed by atoms with E-state index in [2.05, 4.69) is 5.10 Å². The molecule has 0 radical (unpaired) electrons. The fourth-order valence-corrected chi connectivity index (χ4v) is 2.06. The van der Waals surface area contributed by atoms with Crippen LogP contribution in [0.2, 0.25) is 0 Å². The summed E-state index contributed by atoms with van der Waals surface area (Å²) >= 11 is 0. The molecule has 1 heterocycles. The van der Waals surface area contributed by atoms with Crippen molar-refractivity contribution >= 4 is 24.6 Å². The number of hydrazone groups is 1. The second-order valence-corrected chi connectivity index (χ2v) is 4.26. The molecule has 1 N–H and O–H groups in total. The van der Waals surface area contributed by atoms with Crippen molar-refractivity contribution in [2.75, 3.05) is 0 Å². The molecule has 92 valence electrons. The maximum atomic E-state index is 12.3. The molecule has 1 aliphatic rings. The van der Waals surface area contributed by atoms with Gasteiger partial charge in [0.1, 0.15) is 0 Å². The van der Waals surface area contributed by atoms with E-state index >= 15 is 0 Å².